The molecule has 1 heterocycles. The predicted octanol–water partition coefficient (Wildman–Crippen LogP) is 3.66. The third-order valence-corrected chi connectivity index (χ3v) is 4.32. The van der Waals surface area contributed by atoms with Gasteiger partial charge in [-0.25, -0.2) is 4.39 Å². The molecule has 1 fully saturated rings. The zero-order valence-electron chi connectivity index (χ0n) is 10.7. The number of aliphatic hydroxyl groups is 1. The number of hydrogen-bond donors (Lipinski definition) is 1. The molecule has 106 valence electrons. The summed E-state index contributed by atoms with van der Waals surface area (Å²) in [5.41, 5.74) is 0.673. The number of halogens is 2. The standard InChI is InChI=1S/C14H14BrFN2O2/c15-11-7-8(16)5-6-9(11)13-17-14(20-18-13)10-3-1-2-4-12(10)19/h5-7,10,12,19H,1-4H2. The molecule has 1 aromatic carbocycles. The smallest absolute Gasteiger partial charge is 0.232 e. The molecule has 0 saturated heterocycles. The van der Waals surface area contributed by atoms with Gasteiger partial charge in [-0.15, -0.1) is 0 Å². The quantitative estimate of drug-likeness (QED) is 0.906. The van der Waals surface area contributed by atoms with Gasteiger partial charge in [-0.05, 0) is 47.0 Å². The molecule has 2 unspecified atom stereocenters. The van der Waals surface area contributed by atoms with E-state index in [0.717, 1.165) is 25.7 Å². The normalized spacial score (nSPS) is 22.9. The molecule has 1 N–H and O–H groups in total. The van der Waals surface area contributed by atoms with Crippen molar-refractivity contribution in [3.63, 3.8) is 0 Å². The molecule has 1 saturated carbocycles. The highest BCUT2D eigenvalue weighted by Gasteiger charge is 2.29. The van der Waals surface area contributed by atoms with Crippen LogP contribution in [-0.2, 0) is 0 Å². The lowest BCUT2D eigenvalue weighted by atomic mass is 9.86. The van der Waals surface area contributed by atoms with Crippen LogP contribution in [0.15, 0.2) is 27.2 Å². The second-order valence-corrected chi connectivity index (χ2v) is 5.89. The summed E-state index contributed by atoms with van der Waals surface area (Å²) in [5, 5.41) is 13.9. The first-order valence-corrected chi connectivity index (χ1v) is 7.41. The van der Waals surface area contributed by atoms with E-state index in [1.165, 1.54) is 12.1 Å². The highest BCUT2D eigenvalue weighted by molar-refractivity contribution is 9.10. The molecule has 6 heteroatoms. The molecule has 0 radical (unpaired) electrons. The van der Waals surface area contributed by atoms with Crippen molar-refractivity contribution in [2.45, 2.75) is 37.7 Å². The Labute approximate surface area is 124 Å². The van der Waals surface area contributed by atoms with Crippen molar-refractivity contribution >= 4 is 15.9 Å². The lowest BCUT2D eigenvalue weighted by Crippen LogP contribution is -2.22. The molecule has 1 aliphatic carbocycles. The fourth-order valence-electron chi connectivity index (χ4n) is 2.57. The summed E-state index contributed by atoms with van der Waals surface area (Å²) in [7, 11) is 0. The number of aromatic nitrogens is 2. The fraction of sp³-hybridized carbons (Fsp3) is 0.429. The average Bonchev–Trinajstić information content (AvgIpc) is 2.88. The Balaban J connectivity index is 1.89. The predicted molar refractivity (Wildman–Crippen MR) is 74.6 cm³/mol. The van der Waals surface area contributed by atoms with E-state index in [-0.39, 0.29) is 11.7 Å². The Morgan fingerprint density at radius 2 is 2.10 bits per heavy atom. The summed E-state index contributed by atoms with van der Waals surface area (Å²) >= 11 is 3.29. The number of nitrogens with zero attached hydrogens (tertiary/aromatic N) is 2. The molecule has 0 bridgehead atoms. The van der Waals surface area contributed by atoms with Gasteiger partial charge in [0.2, 0.25) is 11.7 Å². The van der Waals surface area contributed by atoms with E-state index in [9.17, 15) is 9.50 Å². The summed E-state index contributed by atoms with van der Waals surface area (Å²) < 4.78 is 18.9. The highest BCUT2D eigenvalue weighted by atomic mass is 79.9. The van der Waals surface area contributed by atoms with E-state index in [0.29, 0.717) is 21.8 Å². The van der Waals surface area contributed by atoms with Crippen molar-refractivity contribution in [1.29, 1.82) is 0 Å². The van der Waals surface area contributed by atoms with Gasteiger partial charge in [0.1, 0.15) is 5.82 Å². The number of hydrogen-bond acceptors (Lipinski definition) is 4. The molecule has 0 aliphatic heterocycles. The van der Waals surface area contributed by atoms with Crippen LogP contribution in [-0.4, -0.2) is 21.4 Å². The lowest BCUT2D eigenvalue weighted by Gasteiger charge is -2.24. The molecule has 4 nitrogen and oxygen atoms in total. The topological polar surface area (TPSA) is 59.2 Å². The van der Waals surface area contributed by atoms with E-state index in [2.05, 4.69) is 26.1 Å². The lowest BCUT2D eigenvalue weighted by molar-refractivity contribution is 0.0908. The fourth-order valence-corrected chi connectivity index (χ4v) is 3.09. The largest absolute Gasteiger partial charge is 0.392 e. The van der Waals surface area contributed by atoms with Gasteiger partial charge >= 0.3 is 0 Å². The number of aliphatic hydroxyl groups excluding tert-OH is 1. The van der Waals surface area contributed by atoms with Crippen molar-refractivity contribution in [3.05, 3.63) is 34.4 Å². The zero-order valence-corrected chi connectivity index (χ0v) is 12.3. The summed E-state index contributed by atoms with van der Waals surface area (Å²) in [5.74, 6) is 0.448. The van der Waals surface area contributed by atoms with Gasteiger partial charge in [0.25, 0.3) is 0 Å². The second kappa shape index (κ2) is 5.61. The van der Waals surface area contributed by atoms with Gasteiger partial charge in [-0.2, -0.15) is 4.98 Å². The SMILES string of the molecule is OC1CCCCC1c1nc(-c2ccc(F)cc2Br)no1. The minimum Gasteiger partial charge on any atom is -0.392 e. The van der Waals surface area contributed by atoms with Gasteiger partial charge in [0, 0.05) is 10.0 Å². The van der Waals surface area contributed by atoms with Crippen molar-refractivity contribution in [2.75, 3.05) is 0 Å². The van der Waals surface area contributed by atoms with Crippen LogP contribution in [0.3, 0.4) is 0 Å². The van der Waals surface area contributed by atoms with Crippen LogP contribution in [0, 0.1) is 5.82 Å². The summed E-state index contributed by atoms with van der Waals surface area (Å²) in [4.78, 5) is 4.35. The Morgan fingerprint density at radius 3 is 2.85 bits per heavy atom. The first-order chi connectivity index (χ1) is 9.65. The molecule has 1 aromatic heterocycles. The Bertz CT molecular complexity index is 617. The molecule has 3 rings (SSSR count). The Kier molecular flexibility index (Phi) is 3.85. The number of benzene rings is 1. The van der Waals surface area contributed by atoms with Gasteiger partial charge < -0.3 is 9.63 Å². The zero-order chi connectivity index (χ0) is 14.1. The molecular weight excluding hydrogens is 327 g/mol. The Hall–Kier alpha value is -1.27. The van der Waals surface area contributed by atoms with Crippen molar-refractivity contribution in [1.82, 2.24) is 10.1 Å². The maximum atomic E-state index is 13.1. The summed E-state index contributed by atoms with van der Waals surface area (Å²) in [6.45, 7) is 0. The Morgan fingerprint density at radius 1 is 1.30 bits per heavy atom. The van der Waals surface area contributed by atoms with Crippen LogP contribution in [0.5, 0.6) is 0 Å². The number of rotatable bonds is 2. The van der Waals surface area contributed by atoms with Crippen molar-refractivity contribution < 1.29 is 14.0 Å². The third-order valence-electron chi connectivity index (χ3n) is 3.66. The van der Waals surface area contributed by atoms with Crippen LogP contribution >= 0.6 is 15.9 Å². The minimum atomic E-state index is -0.422. The van der Waals surface area contributed by atoms with Crippen LogP contribution in [0.1, 0.15) is 37.5 Å². The minimum absolute atomic E-state index is 0.0933. The van der Waals surface area contributed by atoms with Crippen LogP contribution in [0.4, 0.5) is 4.39 Å². The molecule has 2 aromatic rings. The molecule has 20 heavy (non-hydrogen) atoms. The van der Waals surface area contributed by atoms with E-state index in [4.69, 9.17) is 4.52 Å². The van der Waals surface area contributed by atoms with Crippen molar-refractivity contribution in [2.24, 2.45) is 0 Å². The highest BCUT2D eigenvalue weighted by Crippen LogP contribution is 2.34. The molecule has 1 aliphatic rings. The van der Waals surface area contributed by atoms with Gasteiger partial charge in [0.15, 0.2) is 0 Å². The van der Waals surface area contributed by atoms with E-state index >= 15 is 0 Å². The van der Waals surface area contributed by atoms with E-state index < -0.39 is 6.10 Å². The van der Waals surface area contributed by atoms with Gasteiger partial charge in [0.05, 0.1) is 12.0 Å². The van der Waals surface area contributed by atoms with E-state index in [1.807, 2.05) is 0 Å². The van der Waals surface area contributed by atoms with Crippen molar-refractivity contribution in [3.8, 4) is 11.4 Å². The summed E-state index contributed by atoms with van der Waals surface area (Å²) in [6, 6.07) is 4.32. The van der Waals surface area contributed by atoms with Crippen LogP contribution in [0.25, 0.3) is 11.4 Å². The monoisotopic (exact) mass is 340 g/mol. The van der Waals surface area contributed by atoms with Crippen LogP contribution < -0.4 is 0 Å². The summed E-state index contributed by atoms with van der Waals surface area (Å²) in [6.07, 6.45) is 3.28. The maximum Gasteiger partial charge on any atom is 0.232 e. The molecule has 0 spiro atoms. The molecule has 0 amide bonds. The average molecular weight is 341 g/mol. The maximum absolute atomic E-state index is 13.1. The molecular formula is C14H14BrFN2O2. The molecule has 2 atom stereocenters. The van der Waals surface area contributed by atoms with Gasteiger partial charge in [-0.1, -0.05) is 18.0 Å². The third kappa shape index (κ3) is 2.62. The first-order valence-electron chi connectivity index (χ1n) is 6.62. The first kappa shape index (κ1) is 13.7. The van der Waals surface area contributed by atoms with Crippen LogP contribution in [0.2, 0.25) is 0 Å². The van der Waals surface area contributed by atoms with Gasteiger partial charge in [-0.3, -0.25) is 0 Å². The van der Waals surface area contributed by atoms with E-state index in [1.54, 1.807) is 6.07 Å². The second-order valence-electron chi connectivity index (χ2n) is 5.04.